The van der Waals surface area contributed by atoms with Gasteiger partial charge >= 0.3 is 12.1 Å². The number of benzene rings is 3. The minimum absolute atomic E-state index is 0.0990. The van der Waals surface area contributed by atoms with Gasteiger partial charge in [0, 0.05) is 12.0 Å². The topological polar surface area (TPSA) is 71.7 Å². The van der Waals surface area contributed by atoms with Crippen molar-refractivity contribution in [3.8, 4) is 0 Å². The molecule has 0 spiro atoms. The van der Waals surface area contributed by atoms with E-state index in [2.05, 4.69) is 4.99 Å². The molecule has 0 aliphatic heterocycles. The van der Waals surface area contributed by atoms with Gasteiger partial charge in [-0.2, -0.15) is 18.2 Å². The Labute approximate surface area is 190 Å². The standard InChI is InChI=1S/C24H17F3N2O3S/c25-24(26,27)17-10-6-9-16(14-17)21(30)28-23-29(18-11-4-5-12-20(18)33-23)19(22(31)32)13-15-7-2-1-3-8-15/h1-12,14,19H,13H2,(H,31,32)/b28-23-. The molecule has 1 N–H and O–H groups in total. The number of carbonyl (C=O) groups is 2. The molecule has 168 valence electrons. The van der Waals surface area contributed by atoms with Crippen LogP contribution in [0, 0.1) is 0 Å². The zero-order valence-electron chi connectivity index (χ0n) is 17.0. The SMILES string of the molecule is O=C(/N=c1\sc2ccccc2n1C(Cc1ccccc1)C(=O)O)c1cccc(C(F)(F)F)c1. The number of fused-ring (bicyclic) bond motifs is 1. The number of rotatable bonds is 5. The highest BCUT2D eigenvalue weighted by molar-refractivity contribution is 7.16. The first-order chi connectivity index (χ1) is 15.7. The van der Waals surface area contributed by atoms with E-state index in [1.54, 1.807) is 48.5 Å². The Kier molecular flexibility index (Phi) is 6.15. The quantitative estimate of drug-likeness (QED) is 0.429. The number of alkyl halides is 3. The number of halogens is 3. The van der Waals surface area contributed by atoms with Crippen LogP contribution >= 0.6 is 11.3 Å². The van der Waals surface area contributed by atoms with E-state index < -0.39 is 29.7 Å². The number of para-hydroxylation sites is 1. The number of carbonyl (C=O) groups excluding carboxylic acids is 1. The number of hydrogen-bond donors (Lipinski definition) is 1. The molecule has 4 aromatic rings. The Morgan fingerprint density at radius 1 is 0.970 bits per heavy atom. The first kappa shape index (κ1) is 22.5. The van der Waals surface area contributed by atoms with E-state index in [1.165, 1.54) is 10.6 Å². The van der Waals surface area contributed by atoms with Gasteiger partial charge in [-0.1, -0.05) is 59.9 Å². The Morgan fingerprint density at radius 3 is 2.36 bits per heavy atom. The van der Waals surface area contributed by atoms with E-state index >= 15 is 0 Å². The molecule has 1 unspecified atom stereocenters. The van der Waals surface area contributed by atoms with Crippen molar-refractivity contribution in [2.45, 2.75) is 18.6 Å². The summed E-state index contributed by atoms with van der Waals surface area (Å²) in [4.78, 5) is 29.2. The van der Waals surface area contributed by atoms with Crippen LogP contribution in [0.2, 0.25) is 0 Å². The van der Waals surface area contributed by atoms with Crippen molar-refractivity contribution in [2.24, 2.45) is 4.99 Å². The average molecular weight is 470 g/mol. The summed E-state index contributed by atoms with van der Waals surface area (Å²) in [7, 11) is 0. The van der Waals surface area contributed by atoms with Gasteiger partial charge in [0.1, 0.15) is 6.04 Å². The van der Waals surface area contributed by atoms with Gasteiger partial charge in [0.25, 0.3) is 5.91 Å². The molecule has 0 radical (unpaired) electrons. The molecule has 0 fully saturated rings. The number of hydrogen-bond acceptors (Lipinski definition) is 3. The smallest absolute Gasteiger partial charge is 0.416 e. The predicted molar refractivity (Wildman–Crippen MR) is 118 cm³/mol. The highest BCUT2D eigenvalue weighted by atomic mass is 32.1. The van der Waals surface area contributed by atoms with Crippen molar-refractivity contribution >= 4 is 33.4 Å². The van der Waals surface area contributed by atoms with Crippen LogP contribution in [-0.4, -0.2) is 21.6 Å². The van der Waals surface area contributed by atoms with Crippen LogP contribution in [0.4, 0.5) is 13.2 Å². The van der Waals surface area contributed by atoms with Gasteiger partial charge in [-0.3, -0.25) is 4.79 Å². The molecule has 0 saturated carbocycles. The molecule has 3 aromatic carbocycles. The van der Waals surface area contributed by atoms with Gasteiger partial charge in [0.15, 0.2) is 4.80 Å². The molecule has 1 atom stereocenters. The highest BCUT2D eigenvalue weighted by Gasteiger charge is 2.31. The van der Waals surface area contributed by atoms with Crippen LogP contribution in [0.25, 0.3) is 10.2 Å². The summed E-state index contributed by atoms with van der Waals surface area (Å²) in [5.41, 5.74) is 0.160. The maximum absolute atomic E-state index is 13.1. The molecule has 1 heterocycles. The Balaban J connectivity index is 1.85. The van der Waals surface area contributed by atoms with Gasteiger partial charge < -0.3 is 9.67 Å². The lowest BCUT2D eigenvalue weighted by molar-refractivity contribution is -0.141. The fourth-order valence-corrected chi connectivity index (χ4v) is 4.54. The van der Waals surface area contributed by atoms with E-state index in [-0.39, 0.29) is 16.8 Å². The largest absolute Gasteiger partial charge is 0.480 e. The average Bonchev–Trinajstić information content (AvgIpc) is 3.15. The fraction of sp³-hybridized carbons (Fsp3) is 0.125. The summed E-state index contributed by atoms with van der Waals surface area (Å²) in [6.45, 7) is 0. The summed E-state index contributed by atoms with van der Waals surface area (Å²) in [5.74, 6) is -2.00. The number of carboxylic acid groups (broad SMARTS) is 1. The molecule has 0 aliphatic rings. The van der Waals surface area contributed by atoms with Crippen molar-refractivity contribution in [3.63, 3.8) is 0 Å². The molecular formula is C24H17F3N2O3S. The summed E-state index contributed by atoms with van der Waals surface area (Å²) in [6.07, 6.45) is -4.46. The Bertz CT molecular complexity index is 1390. The number of aliphatic carboxylic acids is 1. The molecule has 4 rings (SSSR count). The fourth-order valence-electron chi connectivity index (χ4n) is 3.48. The third kappa shape index (κ3) is 4.88. The second kappa shape index (κ2) is 9.03. The molecule has 1 amide bonds. The molecule has 33 heavy (non-hydrogen) atoms. The summed E-state index contributed by atoms with van der Waals surface area (Å²) < 4.78 is 41.3. The molecule has 0 bridgehead atoms. The molecular weight excluding hydrogens is 453 g/mol. The van der Waals surface area contributed by atoms with E-state index in [0.29, 0.717) is 10.2 Å². The lowest BCUT2D eigenvalue weighted by atomic mass is 10.1. The summed E-state index contributed by atoms with van der Waals surface area (Å²) in [6, 6.07) is 19.0. The van der Waals surface area contributed by atoms with Gasteiger partial charge in [-0.25, -0.2) is 4.79 Å². The highest BCUT2D eigenvalue weighted by Crippen LogP contribution is 2.30. The van der Waals surface area contributed by atoms with Gasteiger partial charge in [-0.05, 0) is 35.9 Å². The Hall–Kier alpha value is -3.72. The van der Waals surface area contributed by atoms with E-state index in [4.69, 9.17) is 0 Å². The van der Waals surface area contributed by atoms with E-state index in [9.17, 15) is 27.9 Å². The van der Waals surface area contributed by atoms with Crippen molar-refractivity contribution in [2.75, 3.05) is 0 Å². The predicted octanol–water partition coefficient (Wildman–Crippen LogP) is 5.33. The first-order valence-electron chi connectivity index (χ1n) is 9.87. The first-order valence-corrected chi connectivity index (χ1v) is 10.7. The van der Waals surface area contributed by atoms with Crippen LogP contribution in [0.1, 0.15) is 27.5 Å². The maximum atomic E-state index is 13.1. The normalized spacial score (nSPS) is 13.2. The molecule has 1 aromatic heterocycles. The molecule has 5 nitrogen and oxygen atoms in total. The summed E-state index contributed by atoms with van der Waals surface area (Å²) in [5, 5.41) is 10.00. The van der Waals surface area contributed by atoms with Crippen LogP contribution in [-0.2, 0) is 17.4 Å². The lowest BCUT2D eigenvalue weighted by Gasteiger charge is -2.16. The third-order valence-corrected chi connectivity index (χ3v) is 6.07. The van der Waals surface area contributed by atoms with Crippen LogP contribution in [0.15, 0.2) is 83.9 Å². The van der Waals surface area contributed by atoms with Crippen LogP contribution in [0.5, 0.6) is 0 Å². The number of aromatic nitrogens is 1. The minimum Gasteiger partial charge on any atom is -0.480 e. The maximum Gasteiger partial charge on any atom is 0.416 e. The van der Waals surface area contributed by atoms with Crippen molar-refractivity contribution in [3.05, 3.63) is 100 Å². The number of amides is 1. The lowest BCUT2D eigenvalue weighted by Crippen LogP contribution is -2.29. The van der Waals surface area contributed by atoms with Crippen LogP contribution in [0.3, 0.4) is 0 Å². The third-order valence-electron chi connectivity index (χ3n) is 5.03. The zero-order valence-corrected chi connectivity index (χ0v) is 17.8. The van der Waals surface area contributed by atoms with E-state index in [0.717, 1.165) is 35.1 Å². The number of thiazole rings is 1. The number of carboxylic acids is 1. The second-order valence-electron chi connectivity index (χ2n) is 7.26. The Morgan fingerprint density at radius 2 is 1.67 bits per heavy atom. The molecule has 0 aliphatic carbocycles. The molecule has 0 saturated heterocycles. The van der Waals surface area contributed by atoms with Crippen LogP contribution < -0.4 is 4.80 Å². The van der Waals surface area contributed by atoms with Crippen molar-refractivity contribution in [1.82, 2.24) is 4.57 Å². The van der Waals surface area contributed by atoms with E-state index in [1.807, 2.05) is 6.07 Å². The van der Waals surface area contributed by atoms with Crippen molar-refractivity contribution < 1.29 is 27.9 Å². The number of nitrogens with zero attached hydrogens (tertiary/aromatic N) is 2. The summed E-state index contributed by atoms with van der Waals surface area (Å²) >= 11 is 1.10. The van der Waals surface area contributed by atoms with Crippen molar-refractivity contribution in [1.29, 1.82) is 0 Å². The monoisotopic (exact) mass is 470 g/mol. The second-order valence-corrected chi connectivity index (χ2v) is 8.27. The van der Waals surface area contributed by atoms with Gasteiger partial charge in [0.2, 0.25) is 0 Å². The van der Waals surface area contributed by atoms with Gasteiger partial charge in [-0.15, -0.1) is 0 Å². The minimum atomic E-state index is -4.60. The zero-order chi connectivity index (χ0) is 23.6. The molecule has 9 heteroatoms. The van der Waals surface area contributed by atoms with Gasteiger partial charge in [0.05, 0.1) is 15.8 Å².